The zero-order valence-corrected chi connectivity index (χ0v) is 13.5. The summed E-state index contributed by atoms with van der Waals surface area (Å²) in [6.07, 6.45) is 0. The monoisotopic (exact) mass is 388 g/mol. The summed E-state index contributed by atoms with van der Waals surface area (Å²) < 4.78 is 51.9. The Bertz CT molecular complexity index is 1230. The fourth-order valence-electron chi connectivity index (χ4n) is 2.28. The number of benzene rings is 2. The minimum atomic E-state index is -4.51. The minimum Gasteiger partial charge on any atom is -0.421 e. The van der Waals surface area contributed by atoms with Gasteiger partial charge in [-0.25, -0.2) is 22.0 Å². The molecule has 3 rings (SSSR count). The fourth-order valence-corrected chi connectivity index (χ4v) is 3.98. The van der Waals surface area contributed by atoms with E-state index in [0.29, 0.717) is 18.2 Å². The second-order valence-electron chi connectivity index (χ2n) is 4.95. The summed E-state index contributed by atoms with van der Waals surface area (Å²) in [5, 5.41) is 8.66. The molecule has 0 aliphatic rings. The smallest absolute Gasteiger partial charge is 0.362 e. The van der Waals surface area contributed by atoms with Crippen LogP contribution in [0, 0.1) is 11.6 Å². The number of fused-ring (bicyclic) bond motifs is 1. The number of halogens is 3. The van der Waals surface area contributed by atoms with Gasteiger partial charge in [0.05, 0.1) is 25.7 Å². The van der Waals surface area contributed by atoms with Gasteiger partial charge in [-0.15, -0.1) is 0 Å². The number of nitrogens with zero attached hydrogens (tertiary/aromatic N) is 1. The molecule has 0 aliphatic heterocycles. The number of aromatic amines is 1. The first-order chi connectivity index (χ1) is 11.6. The van der Waals surface area contributed by atoms with Gasteiger partial charge in [-0.1, -0.05) is 16.3 Å². The highest BCUT2D eigenvalue weighted by Crippen LogP contribution is 2.29. The summed E-state index contributed by atoms with van der Waals surface area (Å²) >= 11 is 5.84. The van der Waals surface area contributed by atoms with E-state index in [1.54, 1.807) is 0 Å². The summed E-state index contributed by atoms with van der Waals surface area (Å²) in [5.41, 5.74) is -3.04. The Hall–Kier alpha value is -2.72. The lowest BCUT2D eigenvalue weighted by Gasteiger charge is -2.10. The molecule has 2 N–H and O–H groups in total. The second-order valence-corrected chi connectivity index (χ2v) is 7.28. The van der Waals surface area contributed by atoms with E-state index in [1.807, 2.05) is 4.98 Å². The van der Waals surface area contributed by atoms with E-state index in [-0.39, 0.29) is 9.75 Å². The molecule has 0 atom stereocenters. The van der Waals surface area contributed by atoms with Crippen LogP contribution in [0.15, 0.2) is 49.7 Å². The maximum atomic E-state index is 13.4. The summed E-state index contributed by atoms with van der Waals surface area (Å²) in [6, 6.07) is 3.69. The van der Waals surface area contributed by atoms with Crippen LogP contribution in [0.1, 0.15) is 0 Å². The summed E-state index contributed by atoms with van der Waals surface area (Å²) in [6.45, 7) is 0. The third-order valence-corrected chi connectivity index (χ3v) is 5.47. The van der Waals surface area contributed by atoms with E-state index >= 15 is 0 Å². The quantitative estimate of drug-likeness (QED) is 0.649. The molecule has 7 nitrogen and oxygen atoms in total. The molecule has 0 aliphatic carbocycles. The van der Waals surface area contributed by atoms with Crippen molar-refractivity contribution in [3.05, 3.63) is 67.8 Å². The molecular formula is C14H7ClF2N2O5S. The molecule has 0 bridgehead atoms. The molecule has 11 heteroatoms. The summed E-state index contributed by atoms with van der Waals surface area (Å²) in [5.74, 6) is -2.24. The van der Waals surface area contributed by atoms with Gasteiger partial charge in [0.15, 0.2) is 0 Å². The first-order valence-electron chi connectivity index (χ1n) is 6.51. The lowest BCUT2D eigenvalue weighted by Crippen LogP contribution is -2.33. The average Bonchev–Trinajstić information content (AvgIpc) is 2.51. The van der Waals surface area contributed by atoms with E-state index in [9.17, 15) is 32.0 Å². The van der Waals surface area contributed by atoms with Crippen LogP contribution >= 0.6 is 11.6 Å². The van der Waals surface area contributed by atoms with Crippen molar-refractivity contribution in [2.75, 3.05) is 0 Å². The lowest BCUT2D eigenvalue weighted by atomic mass is 10.2. The molecule has 0 amide bonds. The molecule has 1 aromatic heterocycles. The molecule has 0 fully saturated rings. The zero-order valence-electron chi connectivity index (χ0n) is 12.0. The Kier molecular flexibility index (Phi) is 3.88. The van der Waals surface area contributed by atoms with E-state index < -0.39 is 53.4 Å². The SMILES string of the molecule is O=c1[nH]c2c(S(=O)(=O)c3cc(F)cc(F)c3)ccc(Cl)c2c(=O)n1O. The minimum absolute atomic E-state index is 0.233. The molecule has 0 unspecified atom stereocenters. The maximum absolute atomic E-state index is 13.4. The van der Waals surface area contributed by atoms with Gasteiger partial charge in [-0.3, -0.25) is 4.79 Å². The van der Waals surface area contributed by atoms with Crippen molar-refractivity contribution in [3.8, 4) is 0 Å². The van der Waals surface area contributed by atoms with Crippen molar-refractivity contribution >= 4 is 32.3 Å². The highest BCUT2D eigenvalue weighted by atomic mass is 35.5. The van der Waals surface area contributed by atoms with Crippen molar-refractivity contribution in [3.63, 3.8) is 0 Å². The van der Waals surface area contributed by atoms with Crippen LogP contribution < -0.4 is 11.2 Å². The standard InChI is InChI=1S/C14H7ClF2N2O5S/c15-9-1-2-10(12-11(9)13(20)19(22)14(21)18-12)25(23,24)8-4-6(16)3-7(17)5-8/h1-5,22H,(H,18,21). The van der Waals surface area contributed by atoms with E-state index in [2.05, 4.69) is 0 Å². The van der Waals surface area contributed by atoms with Crippen LogP contribution in [0.5, 0.6) is 0 Å². The molecular weight excluding hydrogens is 382 g/mol. The van der Waals surface area contributed by atoms with Crippen molar-refractivity contribution in [2.45, 2.75) is 9.79 Å². The van der Waals surface area contributed by atoms with Gasteiger partial charge >= 0.3 is 5.69 Å². The van der Waals surface area contributed by atoms with E-state index in [1.165, 1.54) is 0 Å². The highest BCUT2D eigenvalue weighted by Gasteiger charge is 2.25. The van der Waals surface area contributed by atoms with Crippen LogP contribution in [-0.4, -0.2) is 23.3 Å². The molecule has 0 saturated carbocycles. The molecule has 130 valence electrons. The van der Waals surface area contributed by atoms with E-state index in [4.69, 9.17) is 11.6 Å². The van der Waals surface area contributed by atoms with Gasteiger partial charge in [0.25, 0.3) is 5.56 Å². The Morgan fingerprint density at radius 2 is 1.68 bits per heavy atom. The van der Waals surface area contributed by atoms with Crippen molar-refractivity contribution in [2.24, 2.45) is 0 Å². The zero-order chi connectivity index (χ0) is 18.5. The summed E-state index contributed by atoms with van der Waals surface area (Å²) in [4.78, 5) is 24.3. The van der Waals surface area contributed by atoms with Crippen molar-refractivity contribution in [1.29, 1.82) is 0 Å². The van der Waals surface area contributed by atoms with Gasteiger partial charge in [0, 0.05) is 6.07 Å². The van der Waals surface area contributed by atoms with E-state index in [0.717, 1.165) is 12.1 Å². The van der Waals surface area contributed by atoms with Crippen LogP contribution in [0.3, 0.4) is 0 Å². The predicted molar refractivity (Wildman–Crippen MR) is 82.8 cm³/mol. The number of nitrogens with one attached hydrogen (secondary N) is 1. The number of hydrogen-bond donors (Lipinski definition) is 2. The molecule has 2 aromatic carbocycles. The van der Waals surface area contributed by atoms with Gasteiger partial charge in [0.2, 0.25) is 9.84 Å². The number of H-pyrrole nitrogens is 1. The molecule has 0 spiro atoms. The number of hydrogen-bond acceptors (Lipinski definition) is 5. The van der Waals surface area contributed by atoms with Crippen molar-refractivity contribution < 1.29 is 22.4 Å². The van der Waals surface area contributed by atoms with Crippen LogP contribution in [0.2, 0.25) is 5.02 Å². The Morgan fingerprint density at radius 1 is 1.08 bits per heavy atom. The van der Waals surface area contributed by atoms with Gasteiger partial charge in [-0.05, 0) is 24.3 Å². The maximum Gasteiger partial charge on any atom is 0.362 e. The van der Waals surface area contributed by atoms with Crippen LogP contribution in [0.25, 0.3) is 10.9 Å². The Labute approximate surface area is 142 Å². The number of sulfone groups is 1. The molecule has 1 heterocycles. The van der Waals surface area contributed by atoms with Crippen molar-refractivity contribution in [1.82, 2.24) is 9.71 Å². The molecule has 0 radical (unpaired) electrons. The Balaban J connectivity index is 2.46. The normalized spacial score (nSPS) is 11.8. The van der Waals surface area contributed by atoms with Crippen LogP contribution in [-0.2, 0) is 9.84 Å². The number of aromatic nitrogens is 2. The average molecular weight is 389 g/mol. The van der Waals surface area contributed by atoms with Crippen LogP contribution in [0.4, 0.5) is 8.78 Å². The first kappa shape index (κ1) is 17.1. The molecule has 0 saturated heterocycles. The predicted octanol–water partition coefficient (Wildman–Crippen LogP) is 1.69. The van der Waals surface area contributed by atoms with Gasteiger partial charge in [-0.2, -0.15) is 0 Å². The third-order valence-electron chi connectivity index (χ3n) is 3.38. The first-order valence-corrected chi connectivity index (χ1v) is 8.37. The Morgan fingerprint density at radius 3 is 2.28 bits per heavy atom. The van der Waals surface area contributed by atoms with Gasteiger partial charge in [0.1, 0.15) is 11.6 Å². The van der Waals surface area contributed by atoms with Gasteiger partial charge < -0.3 is 10.2 Å². The summed E-state index contributed by atoms with van der Waals surface area (Å²) in [7, 11) is -4.51. The topological polar surface area (TPSA) is 109 Å². The largest absolute Gasteiger partial charge is 0.421 e. The second kappa shape index (κ2) is 5.67. The highest BCUT2D eigenvalue weighted by molar-refractivity contribution is 7.91. The molecule has 25 heavy (non-hydrogen) atoms. The fraction of sp³-hybridized carbons (Fsp3) is 0. The number of rotatable bonds is 2. The lowest BCUT2D eigenvalue weighted by molar-refractivity contribution is 0.162. The molecule has 3 aromatic rings. The third kappa shape index (κ3) is 2.68.